The van der Waals surface area contributed by atoms with Crippen molar-refractivity contribution < 1.29 is 9.53 Å². The van der Waals surface area contributed by atoms with Gasteiger partial charge in [-0.15, -0.1) is 0 Å². The van der Waals surface area contributed by atoms with E-state index in [1.165, 1.54) is 0 Å². The van der Waals surface area contributed by atoms with Crippen LogP contribution >= 0.6 is 0 Å². The van der Waals surface area contributed by atoms with Crippen molar-refractivity contribution in [3.63, 3.8) is 0 Å². The molecule has 1 amide bonds. The van der Waals surface area contributed by atoms with Crippen LogP contribution in [0.15, 0.2) is 59.7 Å². The first kappa shape index (κ1) is 20.1. The van der Waals surface area contributed by atoms with Gasteiger partial charge in [0.15, 0.2) is 0 Å². The third-order valence-corrected chi connectivity index (χ3v) is 3.68. The van der Waals surface area contributed by atoms with E-state index in [4.69, 9.17) is 16.2 Å². The minimum absolute atomic E-state index is 0.0568. The third kappa shape index (κ3) is 7.25. The quantitative estimate of drug-likeness (QED) is 0.156. The van der Waals surface area contributed by atoms with Crippen molar-refractivity contribution in [2.45, 2.75) is 19.4 Å². The molecule has 8 heteroatoms. The molecule has 2 rings (SSSR count). The van der Waals surface area contributed by atoms with Gasteiger partial charge in [-0.3, -0.25) is 4.79 Å². The van der Waals surface area contributed by atoms with Crippen LogP contribution in [0.3, 0.4) is 0 Å². The van der Waals surface area contributed by atoms with Gasteiger partial charge in [-0.05, 0) is 37.3 Å². The Labute approximate surface area is 159 Å². The fourth-order valence-electron chi connectivity index (χ4n) is 2.40. The number of ether oxygens (including phenoxy) is 1. The summed E-state index contributed by atoms with van der Waals surface area (Å²) in [6, 6.07) is 17.2. The molecule has 0 aliphatic carbocycles. The summed E-state index contributed by atoms with van der Waals surface area (Å²) in [4.78, 5) is 10.3. The fourth-order valence-corrected chi connectivity index (χ4v) is 2.40. The van der Waals surface area contributed by atoms with Crippen LogP contribution in [0.4, 0.5) is 11.4 Å². The SMILES string of the molecule is CC(CNN(CC/C(N)=N\NC=O)c1cccc(N)c1)Oc1ccccc1. The van der Waals surface area contributed by atoms with E-state index in [2.05, 4.69) is 16.0 Å². The standard InChI is InChI=1S/C19H26N6O2/c1-15(27-18-8-3-2-4-9-18)13-23-25(11-10-19(21)24-22-14-26)17-7-5-6-16(20)12-17/h2-9,12,14-15,23H,10-11,13,20H2,1H3,(H2,21,24)(H,22,26). The van der Waals surface area contributed by atoms with Gasteiger partial charge in [0.1, 0.15) is 17.7 Å². The Balaban J connectivity index is 1.97. The Hall–Kier alpha value is -3.26. The number of nitrogens with one attached hydrogen (secondary N) is 2. The number of nitrogens with zero attached hydrogens (tertiary/aromatic N) is 2. The summed E-state index contributed by atoms with van der Waals surface area (Å²) >= 11 is 0. The number of hydrogen-bond donors (Lipinski definition) is 4. The number of benzene rings is 2. The van der Waals surface area contributed by atoms with Crippen LogP contribution in [0.2, 0.25) is 0 Å². The molecule has 0 fully saturated rings. The second-order valence-corrected chi connectivity index (χ2v) is 5.95. The molecule has 0 saturated heterocycles. The molecule has 0 aliphatic heterocycles. The summed E-state index contributed by atoms with van der Waals surface area (Å²) in [7, 11) is 0. The molecule has 2 aromatic carbocycles. The fraction of sp³-hybridized carbons (Fsp3) is 0.263. The van der Waals surface area contributed by atoms with Crippen molar-refractivity contribution in [3.8, 4) is 5.75 Å². The Kier molecular flexibility index (Phi) is 7.92. The van der Waals surface area contributed by atoms with Gasteiger partial charge in [0, 0.05) is 18.7 Å². The molecule has 0 spiro atoms. The van der Waals surface area contributed by atoms with Crippen LogP contribution in [0.1, 0.15) is 13.3 Å². The van der Waals surface area contributed by atoms with Crippen molar-refractivity contribution in [1.29, 1.82) is 0 Å². The monoisotopic (exact) mass is 370 g/mol. The lowest BCUT2D eigenvalue weighted by molar-refractivity contribution is -0.109. The van der Waals surface area contributed by atoms with E-state index in [1.807, 2.05) is 66.5 Å². The lowest BCUT2D eigenvalue weighted by atomic mass is 10.2. The number of nitrogens with two attached hydrogens (primary N) is 2. The largest absolute Gasteiger partial charge is 0.489 e. The van der Waals surface area contributed by atoms with Gasteiger partial charge in [0.2, 0.25) is 6.41 Å². The topological polar surface area (TPSA) is 118 Å². The average Bonchev–Trinajstić information content (AvgIpc) is 2.67. The molecular formula is C19H26N6O2. The first-order chi connectivity index (χ1) is 13.1. The van der Waals surface area contributed by atoms with Crippen molar-refractivity contribution in [1.82, 2.24) is 10.9 Å². The van der Waals surface area contributed by atoms with E-state index >= 15 is 0 Å². The Bertz CT molecular complexity index is 738. The van der Waals surface area contributed by atoms with Crippen molar-refractivity contribution in [3.05, 3.63) is 54.6 Å². The number of amides is 1. The molecule has 0 radical (unpaired) electrons. The third-order valence-electron chi connectivity index (χ3n) is 3.68. The van der Waals surface area contributed by atoms with Crippen LogP contribution in [0.25, 0.3) is 0 Å². The molecule has 1 unspecified atom stereocenters. The highest BCUT2D eigenvalue weighted by molar-refractivity contribution is 5.81. The van der Waals surface area contributed by atoms with Gasteiger partial charge >= 0.3 is 0 Å². The van der Waals surface area contributed by atoms with Crippen molar-refractivity contribution in [2.75, 3.05) is 23.8 Å². The molecule has 1 atom stereocenters. The predicted molar refractivity (Wildman–Crippen MR) is 108 cm³/mol. The normalized spacial score (nSPS) is 12.3. The van der Waals surface area contributed by atoms with Crippen LogP contribution < -0.4 is 32.1 Å². The predicted octanol–water partition coefficient (Wildman–Crippen LogP) is 1.46. The Morgan fingerprint density at radius 3 is 2.74 bits per heavy atom. The minimum atomic E-state index is -0.0568. The van der Waals surface area contributed by atoms with Gasteiger partial charge in [0.05, 0.1) is 12.2 Å². The van der Waals surface area contributed by atoms with E-state index in [0.717, 1.165) is 11.4 Å². The number of para-hydroxylation sites is 1. The summed E-state index contributed by atoms with van der Waals surface area (Å²) in [5.41, 5.74) is 18.8. The van der Waals surface area contributed by atoms with Crippen LogP contribution in [-0.4, -0.2) is 31.4 Å². The molecule has 2 aromatic rings. The van der Waals surface area contributed by atoms with Crippen LogP contribution in [0.5, 0.6) is 5.75 Å². The molecule has 6 N–H and O–H groups in total. The maximum Gasteiger partial charge on any atom is 0.227 e. The molecular weight excluding hydrogens is 344 g/mol. The number of amidine groups is 1. The summed E-state index contributed by atoms with van der Waals surface area (Å²) in [5.74, 6) is 1.14. The summed E-state index contributed by atoms with van der Waals surface area (Å²) in [6.45, 7) is 3.10. The zero-order valence-electron chi connectivity index (χ0n) is 15.3. The molecule has 0 aromatic heterocycles. The molecule has 27 heavy (non-hydrogen) atoms. The zero-order chi connectivity index (χ0) is 19.5. The highest BCUT2D eigenvalue weighted by Crippen LogP contribution is 2.16. The second kappa shape index (κ2) is 10.7. The highest BCUT2D eigenvalue weighted by atomic mass is 16.5. The molecule has 0 bridgehead atoms. The number of anilines is 2. The second-order valence-electron chi connectivity index (χ2n) is 5.95. The van der Waals surface area contributed by atoms with Gasteiger partial charge in [0.25, 0.3) is 0 Å². The average molecular weight is 370 g/mol. The number of carbonyl (C=O) groups excluding carboxylic acids is 1. The lowest BCUT2D eigenvalue weighted by Gasteiger charge is -2.27. The maximum atomic E-state index is 10.3. The van der Waals surface area contributed by atoms with Crippen molar-refractivity contribution >= 4 is 23.6 Å². The molecule has 0 aliphatic rings. The number of hydrogen-bond acceptors (Lipinski definition) is 6. The van der Waals surface area contributed by atoms with Gasteiger partial charge in [-0.25, -0.2) is 10.9 Å². The van der Waals surface area contributed by atoms with Crippen molar-refractivity contribution in [2.24, 2.45) is 10.8 Å². The van der Waals surface area contributed by atoms with E-state index < -0.39 is 0 Å². The highest BCUT2D eigenvalue weighted by Gasteiger charge is 2.11. The van der Waals surface area contributed by atoms with Gasteiger partial charge in [-0.1, -0.05) is 24.3 Å². The first-order valence-corrected chi connectivity index (χ1v) is 8.68. The first-order valence-electron chi connectivity index (χ1n) is 8.68. The smallest absolute Gasteiger partial charge is 0.227 e. The Morgan fingerprint density at radius 2 is 2.04 bits per heavy atom. The number of carbonyl (C=O) groups is 1. The van der Waals surface area contributed by atoms with Gasteiger partial charge < -0.3 is 21.2 Å². The lowest BCUT2D eigenvalue weighted by Crippen LogP contribution is -2.44. The molecule has 144 valence electrons. The van der Waals surface area contributed by atoms with E-state index in [-0.39, 0.29) is 6.10 Å². The zero-order valence-corrected chi connectivity index (χ0v) is 15.3. The van der Waals surface area contributed by atoms with Crippen LogP contribution in [-0.2, 0) is 4.79 Å². The Morgan fingerprint density at radius 1 is 1.26 bits per heavy atom. The number of hydrazine groups is 1. The van der Waals surface area contributed by atoms with Crippen LogP contribution in [0, 0.1) is 0 Å². The maximum absolute atomic E-state index is 10.3. The van der Waals surface area contributed by atoms with E-state index in [9.17, 15) is 4.79 Å². The number of rotatable bonds is 11. The molecule has 0 saturated carbocycles. The minimum Gasteiger partial charge on any atom is -0.489 e. The summed E-state index contributed by atoms with van der Waals surface area (Å²) < 4.78 is 5.89. The summed E-state index contributed by atoms with van der Waals surface area (Å²) in [5, 5.41) is 5.68. The van der Waals surface area contributed by atoms with E-state index in [1.54, 1.807) is 0 Å². The summed E-state index contributed by atoms with van der Waals surface area (Å²) in [6.07, 6.45) is 0.874. The molecule has 0 heterocycles. The van der Waals surface area contributed by atoms with Gasteiger partial charge in [-0.2, -0.15) is 5.10 Å². The van der Waals surface area contributed by atoms with E-state index in [0.29, 0.717) is 37.4 Å². The molecule has 8 nitrogen and oxygen atoms in total. The number of hydrazone groups is 1. The number of nitrogen functional groups attached to an aromatic ring is 1.